The van der Waals surface area contributed by atoms with Gasteiger partial charge >= 0.3 is 5.97 Å². The molecule has 0 radical (unpaired) electrons. The Balaban J connectivity index is 1.67. The molecule has 3 nitrogen and oxygen atoms in total. The molecule has 1 heterocycles. The first-order valence-electron chi connectivity index (χ1n) is 6.12. The summed E-state index contributed by atoms with van der Waals surface area (Å²) in [6.07, 6.45) is 5.56. The van der Waals surface area contributed by atoms with Gasteiger partial charge in [0, 0.05) is 19.6 Å². The first-order valence-corrected chi connectivity index (χ1v) is 6.12. The summed E-state index contributed by atoms with van der Waals surface area (Å²) < 4.78 is 0. The first-order chi connectivity index (χ1) is 7.16. The van der Waals surface area contributed by atoms with Crippen molar-refractivity contribution < 1.29 is 9.90 Å². The number of likely N-dealkylation sites (tertiary alicyclic amines) is 1. The number of carboxylic acids is 1. The van der Waals surface area contributed by atoms with Crippen LogP contribution in [0.5, 0.6) is 0 Å². The minimum atomic E-state index is -0.638. The number of carboxylic acid groups (broad SMARTS) is 1. The summed E-state index contributed by atoms with van der Waals surface area (Å²) in [6, 6.07) is 0. The van der Waals surface area contributed by atoms with Crippen molar-refractivity contribution in [2.45, 2.75) is 32.6 Å². The Morgan fingerprint density at radius 1 is 1.40 bits per heavy atom. The Morgan fingerprint density at radius 2 is 2.00 bits per heavy atom. The van der Waals surface area contributed by atoms with Gasteiger partial charge in [0.15, 0.2) is 0 Å². The monoisotopic (exact) mass is 211 g/mol. The van der Waals surface area contributed by atoms with Crippen LogP contribution in [-0.4, -0.2) is 35.6 Å². The van der Waals surface area contributed by atoms with Gasteiger partial charge in [0.1, 0.15) is 0 Å². The summed E-state index contributed by atoms with van der Waals surface area (Å²) in [6.45, 7) is 5.05. The van der Waals surface area contributed by atoms with Crippen molar-refractivity contribution in [1.29, 1.82) is 0 Å². The van der Waals surface area contributed by atoms with E-state index in [2.05, 4.69) is 4.90 Å². The molecule has 15 heavy (non-hydrogen) atoms. The van der Waals surface area contributed by atoms with Gasteiger partial charge in [-0.15, -0.1) is 0 Å². The molecular weight excluding hydrogens is 190 g/mol. The first kappa shape index (κ1) is 10.9. The normalized spacial score (nSPS) is 26.5. The molecule has 0 bridgehead atoms. The molecule has 1 unspecified atom stereocenters. The summed E-state index contributed by atoms with van der Waals surface area (Å²) in [4.78, 5) is 13.2. The second-order valence-corrected chi connectivity index (χ2v) is 5.26. The molecule has 0 aromatic heterocycles. The third kappa shape index (κ3) is 2.51. The molecule has 2 aliphatic rings. The predicted molar refractivity (Wildman–Crippen MR) is 58.7 cm³/mol. The van der Waals surface area contributed by atoms with E-state index >= 15 is 0 Å². The maximum absolute atomic E-state index is 10.8. The lowest BCUT2D eigenvalue weighted by molar-refractivity contribution is -0.145. The molecule has 2 rings (SSSR count). The van der Waals surface area contributed by atoms with Crippen LogP contribution in [-0.2, 0) is 4.79 Å². The molecule has 1 N–H and O–H groups in total. The number of rotatable bonds is 4. The van der Waals surface area contributed by atoms with E-state index in [1.54, 1.807) is 0 Å². The van der Waals surface area contributed by atoms with Crippen molar-refractivity contribution in [1.82, 2.24) is 4.90 Å². The van der Waals surface area contributed by atoms with E-state index in [0.29, 0.717) is 5.92 Å². The van der Waals surface area contributed by atoms with Crippen LogP contribution in [0.4, 0.5) is 0 Å². The summed E-state index contributed by atoms with van der Waals surface area (Å²) >= 11 is 0. The van der Waals surface area contributed by atoms with Gasteiger partial charge in [0.25, 0.3) is 0 Å². The minimum absolute atomic E-state index is 0.162. The van der Waals surface area contributed by atoms with Crippen molar-refractivity contribution in [3.8, 4) is 0 Å². The molecule has 0 amide bonds. The summed E-state index contributed by atoms with van der Waals surface area (Å²) in [5.41, 5.74) is 0. The van der Waals surface area contributed by atoms with Crippen molar-refractivity contribution in [3.63, 3.8) is 0 Å². The fourth-order valence-electron chi connectivity index (χ4n) is 2.83. The SMILES string of the molecule is CC(C(=O)O)C1CN(CC2CCCC2)C1. The molecule has 0 spiro atoms. The van der Waals surface area contributed by atoms with Gasteiger partial charge < -0.3 is 10.0 Å². The predicted octanol–water partition coefficient (Wildman–Crippen LogP) is 1.83. The molecule has 1 saturated carbocycles. The second kappa shape index (κ2) is 4.52. The number of nitrogens with zero attached hydrogens (tertiary/aromatic N) is 1. The van der Waals surface area contributed by atoms with Crippen molar-refractivity contribution >= 4 is 5.97 Å². The van der Waals surface area contributed by atoms with E-state index in [9.17, 15) is 4.79 Å². The molecule has 1 saturated heterocycles. The van der Waals surface area contributed by atoms with E-state index in [4.69, 9.17) is 5.11 Å². The van der Waals surface area contributed by atoms with Gasteiger partial charge in [-0.3, -0.25) is 4.79 Å². The highest BCUT2D eigenvalue weighted by molar-refractivity contribution is 5.70. The molecule has 2 fully saturated rings. The Hall–Kier alpha value is -0.570. The molecular formula is C12H21NO2. The summed E-state index contributed by atoms with van der Waals surface area (Å²) in [5.74, 6) is 0.486. The average Bonchev–Trinajstić information content (AvgIpc) is 2.61. The van der Waals surface area contributed by atoms with Crippen LogP contribution < -0.4 is 0 Å². The standard InChI is InChI=1S/C12H21NO2/c1-9(12(14)15)11-7-13(8-11)6-10-4-2-3-5-10/h9-11H,2-8H2,1H3,(H,14,15). The zero-order valence-electron chi connectivity index (χ0n) is 9.48. The number of hydrogen-bond donors (Lipinski definition) is 1. The fraction of sp³-hybridized carbons (Fsp3) is 0.917. The third-order valence-electron chi connectivity index (χ3n) is 4.07. The van der Waals surface area contributed by atoms with Gasteiger partial charge in [0.2, 0.25) is 0 Å². The van der Waals surface area contributed by atoms with Crippen LogP contribution in [0, 0.1) is 17.8 Å². The smallest absolute Gasteiger partial charge is 0.306 e. The van der Waals surface area contributed by atoms with Gasteiger partial charge in [-0.2, -0.15) is 0 Å². The van der Waals surface area contributed by atoms with Gasteiger partial charge in [0.05, 0.1) is 5.92 Å². The highest BCUT2D eigenvalue weighted by Gasteiger charge is 2.35. The Bertz CT molecular complexity index is 230. The van der Waals surface area contributed by atoms with E-state index in [1.807, 2.05) is 6.92 Å². The lowest BCUT2D eigenvalue weighted by atomic mass is 9.86. The zero-order chi connectivity index (χ0) is 10.8. The Labute approximate surface area is 91.5 Å². The van der Waals surface area contributed by atoms with Crippen LogP contribution in [0.1, 0.15) is 32.6 Å². The topological polar surface area (TPSA) is 40.5 Å². The summed E-state index contributed by atoms with van der Waals surface area (Å²) in [5, 5.41) is 8.87. The maximum atomic E-state index is 10.8. The van der Waals surface area contributed by atoms with Crippen molar-refractivity contribution in [2.75, 3.05) is 19.6 Å². The van der Waals surface area contributed by atoms with E-state index in [1.165, 1.54) is 32.2 Å². The van der Waals surface area contributed by atoms with Gasteiger partial charge in [-0.05, 0) is 24.7 Å². The number of hydrogen-bond acceptors (Lipinski definition) is 2. The number of carbonyl (C=O) groups is 1. The summed E-state index contributed by atoms with van der Waals surface area (Å²) in [7, 11) is 0. The Kier molecular flexibility index (Phi) is 3.29. The average molecular weight is 211 g/mol. The molecule has 1 aliphatic carbocycles. The molecule has 1 aliphatic heterocycles. The van der Waals surface area contributed by atoms with Crippen LogP contribution in [0.25, 0.3) is 0 Å². The number of aliphatic carboxylic acids is 1. The minimum Gasteiger partial charge on any atom is -0.481 e. The molecule has 3 heteroatoms. The van der Waals surface area contributed by atoms with Gasteiger partial charge in [-0.1, -0.05) is 19.8 Å². The molecule has 1 atom stereocenters. The second-order valence-electron chi connectivity index (χ2n) is 5.26. The lowest BCUT2D eigenvalue weighted by Crippen LogP contribution is -2.52. The van der Waals surface area contributed by atoms with Crippen molar-refractivity contribution in [2.24, 2.45) is 17.8 Å². The molecule has 0 aromatic rings. The largest absolute Gasteiger partial charge is 0.481 e. The van der Waals surface area contributed by atoms with E-state index in [0.717, 1.165) is 19.0 Å². The fourth-order valence-corrected chi connectivity index (χ4v) is 2.83. The zero-order valence-corrected chi connectivity index (χ0v) is 9.48. The quantitative estimate of drug-likeness (QED) is 0.771. The Morgan fingerprint density at radius 3 is 2.53 bits per heavy atom. The third-order valence-corrected chi connectivity index (χ3v) is 4.07. The van der Waals surface area contributed by atoms with Crippen LogP contribution in [0.15, 0.2) is 0 Å². The van der Waals surface area contributed by atoms with Crippen molar-refractivity contribution in [3.05, 3.63) is 0 Å². The lowest BCUT2D eigenvalue weighted by Gasteiger charge is -2.42. The van der Waals surface area contributed by atoms with Crippen LogP contribution in [0.2, 0.25) is 0 Å². The van der Waals surface area contributed by atoms with Crippen LogP contribution in [0.3, 0.4) is 0 Å². The van der Waals surface area contributed by atoms with Crippen LogP contribution >= 0.6 is 0 Å². The van der Waals surface area contributed by atoms with Gasteiger partial charge in [-0.25, -0.2) is 0 Å². The highest BCUT2D eigenvalue weighted by Crippen LogP contribution is 2.30. The van der Waals surface area contributed by atoms with E-state index < -0.39 is 5.97 Å². The molecule has 0 aromatic carbocycles. The maximum Gasteiger partial charge on any atom is 0.306 e. The van der Waals surface area contributed by atoms with E-state index in [-0.39, 0.29) is 5.92 Å². The molecule has 86 valence electrons. The highest BCUT2D eigenvalue weighted by atomic mass is 16.4.